The Bertz CT molecular complexity index is 1900. The van der Waals surface area contributed by atoms with Crippen LogP contribution in [-0.4, -0.2) is 39.0 Å². The van der Waals surface area contributed by atoms with Gasteiger partial charge in [0.25, 0.3) is 0 Å². The molecule has 0 saturated carbocycles. The average Bonchev–Trinajstić information content (AvgIpc) is 3.76. The normalized spacial score (nSPS) is 12.1. The number of hydrogen-bond acceptors (Lipinski definition) is 0. The van der Waals surface area contributed by atoms with Crippen LogP contribution < -0.4 is 18.6 Å². The van der Waals surface area contributed by atoms with Gasteiger partial charge in [-0.1, -0.05) is 0 Å². The van der Waals surface area contributed by atoms with E-state index >= 15 is 13.2 Å². The van der Waals surface area contributed by atoms with Crippen molar-refractivity contribution >= 4 is 61.4 Å². The van der Waals surface area contributed by atoms with Crippen LogP contribution in [0.2, 0.25) is 10.6 Å². The second kappa shape index (κ2) is 27.7. The Morgan fingerprint density at radius 3 is 1.13 bits per heavy atom. The molecule has 0 bridgehead atoms. The van der Waals surface area contributed by atoms with Crippen LogP contribution in [0.25, 0.3) is 33.4 Å². The Morgan fingerprint density at radius 1 is 0.419 bits per heavy atom. The predicted molar refractivity (Wildman–Crippen MR) is 259 cm³/mol. The topological polar surface area (TPSA) is 17.6 Å². The molecule has 5 aromatic rings. The van der Waals surface area contributed by atoms with Gasteiger partial charge in [0.2, 0.25) is 0 Å². The molecule has 62 heavy (non-hydrogen) atoms. The minimum atomic E-state index is -4.58. The maximum atomic E-state index is 16.3. The van der Waals surface area contributed by atoms with Crippen molar-refractivity contribution in [3.8, 4) is 11.4 Å². The quantitative estimate of drug-likeness (QED) is 0.0232. The first-order valence-corrected chi connectivity index (χ1v) is 29.0. The van der Waals surface area contributed by atoms with Crippen LogP contribution in [-0.2, 0) is 19.3 Å². The van der Waals surface area contributed by atoms with E-state index in [9.17, 15) is 0 Å². The summed E-state index contributed by atoms with van der Waals surface area (Å²) in [5.41, 5.74) is 3.86. The Morgan fingerprint density at radius 2 is 0.758 bits per heavy atom. The summed E-state index contributed by atoms with van der Waals surface area (Å²) in [6.07, 6.45) is 24.2. The Kier molecular flexibility index (Phi) is 22.5. The first-order valence-electron chi connectivity index (χ1n) is 24.9. The molecule has 0 aliphatic rings. The molecule has 0 saturated heterocycles. The Hall–Kier alpha value is -2.57. The van der Waals surface area contributed by atoms with Crippen LogP contribution >= 0.6 is 0 Å². The van der Waals surface area contributed by atoms with E-state index in [1.165, 1.54) is 116 Å². The number of unbranched alkanes of at least 4 members (excludes halogenated alkanes) is 20. The van der Waals surface area contributed by atoms with E-state index < -0.39 is 11.7 Å². The summed E-state index contributed by atoms with van der Waals surface area (Å²) < 4.78 is 60.0. The van der Waals surface area contributed by atoms with Gasteiger partial charge in [0, 0.05) is 0 Å². The number of para-hydroxylation sites is 4. The van der Waals surface area contributed by atoms with Crippen molar-refractivity contribution in [3.63, 3.8) is 0 Å². The zero-order valence-corrected chi connectivity index (χ0v) is 42.3. The van der Waals surface area contributed by atoms with Crippen molar-refractivity contribution in [2.24, 2.45) is 0 Å². The average molecular weight is 987 g/mol. The molecule has 0 fully saturated rings. The summed E-state index contributed by atoms with van der Waals surface area (Å²) in [6, 6.07) is 21.9. The number of nitrogens with zero attached hydrogens (tertiary/aromatic N) is 4. The van der Waals surface area contributed by atoms with Gasteiger partial charge in [0.15, 0.2) is 0 Å². The first kappa shape index (κ1) is 50.4. The molecule has 0 aliphatic heterocycles. The molecule has 5 rings (SSSR count). The molecular formula is C53H79F3N4Se2+2. The van der Waals surface area contributed by atoms with Gasteiger partial charge in [-0.3, -0.25) is 0 Å². The molecule has 0 amide bonds. The maximum absolute atomic E-state index is 16.3. The third-order valence-electron chi connectivity index (χ3n) is 12.4. The van der Waals surface area contributed by atoms with Crippen LogP contribution in [0, 0.1) is 0 Å². The predicted octanol–water partition coefficient (Wildman–Crippen LogP) is 14.1. The van der Waals surface area contributed by atoms with Crippen molar-refractivity contribution in [2.45, 2.75) is 212 Å². The van der Waals surface area contributed by atoms with Gasteiger partial charge in [0.1, 0.15) is 0 Å². The minimum absolute atomic E-state index is 0.00342. The van der Waals surface area contributed by atoms with E-state index in [1.807, 2.05) is 27.3 Å². The van der Waals surface area contributed by atoms with Crippen LogP contribution in [0.15, 0.2) is 66.7 Å². The van der Waals surface area contributed by atoms with Gasteiger partial charge >= 0.3 is 388 Å². The number of benzene rings is 3. The molecule has 0 unspecified atom stereocenters. The first-order chi connectivity index (χ1) is 30.4. The molecule has 4 nitrogen and oxygen atoms in total. The Labute approximate surface area is 386 Å². The molecule has 0 aliphatic carbocycles. The van der Waals surface area contributed by atoms with Gasteiger partial charge in [-0.2, -0.15) is 0 Å². The standard InChI is InChI=1S/C53H79F3N4Se2/c1-5-9-13-17-21-29-40-57-44-34-25-27-36-46(44)59(51(57)61-42-31-23-19-15-11-7-3)48-38-33-39-49(50(48)53(54,55)56)60-47-37-28-26-35-45(47)58(41-30-22-18-14-10-6-2)52(60)62-43-32-24-20-16-12-8-4/h25-28,33-39H,5-24,29-32,40-43H2,1-4H3/q+2. The summed E-state index contributed by atoms with van der Waals surface area (Å²) in [4.78, 5) is 0. The second-order valence-electron chi connectivity index (χ2n) is 17.5. The third kappa shape index (κ3) is 14.2. The van der Waals surface area contributed by atoms with Gasteiger partial charge in [-0.15, -0.1) is 0 Å². The molecule has 0 N–H and O–H groups in total. The number of aromatic nitrogens is 4. The monoisotopic (exact) mass is 988 g/mol. The summed E-state index contributed by atoms with van der Waals surface area (Å²) >= 11 is -0.00683. The summed E-state index contributed by atoms with van der Waals surface area (Å²) in [5.74, 6) is 0. The van der Waals surface area contributed by atoms with E-state index in [0.29, 0.717) is 0 Å². The number of halogens is 3. The molecule has 0 radical (unpaired) electrons. The van der Waals surface area contributed by atoms with Crippen LogP contribution in [0.4, 0.5) is 13.2 Å². The SMILES string of the molecule is CCCCCCCC[Se]c1n(-c2cccc(-n3c([Se]CCCCCCCC)[n+](CCCCCCCC)c4ccccc43)c2C(F)(F)F)c2ccccc2[n+]1CCCCCCCC. The van der Waals surface area contributed by atoms with E-state index in [0.717, 1.165) is 93.8 Å². The molecule has 342 valence electrons. The number of rotatable bonds is 32. The molecule has 3 aromatic carbocycles. The summed E-state index contributed by atoms with van der Waals surface area (Å²) in [7, 11) is 0. The van der Waals surface area contributed by atoms with E-state index in [1.54, 1.807) is 12.1 Å². The Balaban J connectivity index is 1.65. The van der Waals surface area contributed by atoms with Crippen LogP contribution in [0.5, 0.6) is 0 Å². The zero-order chi connectivity index (χ0) is 44.0. The fraction of sp³-hybridized carbons (Fsp3) is 0.623. The van der Waals surface area contributed by atoms with Crippen LogP contribution in [0.1, 0.15) is 187 Å². The number of fused-ring (bicyclic) bond motifs is 2. The molecule has 2 aromatic heterocycles. The second-order valence-corrected chi connectivity index (χ2v) is 21.9. The summed E-state index contributed by atoms with van der Waals surface area (Å²) in [5, 5.41) is 2.05. The van der Waals surface area contributed by atoms with Gasteiger partial charge in [-0.05, 0) is 0 Å². The fourth-order valence-electron chi connectivity index (χ4n) is 8.98. The molecular weight excluding hydrogens is 908 g/mol. The van der Waals surface area contributed by atoms with Gasteiger partial charge < -0.3 is 0 Å². The zero-order valence-electron chi connectivity index (χ0n) is 38.9. The van der Waals surface area contributed by atoms with Crippen molar-refractivity contribution in [1.82, 2.24) is 9.13 Å². The molecule has 0 spiro atoms. The van der Waals surface area contributed by atoms with E-state index in [4.69, 9.17) is 0 Å². The van der Waals surface area contributed by atoms with Gasteiger partial charge in [-0.25, -0.2) is 0 Å². The van der Waals surface area contributed by atoms with Gasteiger partial charge in [0.05, 0.1) is 0 Å². The number of aryl methyl sites for hydroxylation is 2. The van der Waals surface area contributed by atoms with Crippen molar-refractivity contribution < 1.29 is 22.3 Å². The molecule has 2 heterocycles. The number of alkyl halides is 3. The van der Waals surface area contributed by atoms with Crippen molar-refractivity contribution in [3.05, 3.63) is 72.3 Å². The third-order valence-corrected chi connectivity index (χ3v) is 17.2. The molecule has 0 atom stereocenters. The van der Waals surface area contributed by atoms with Crippen LogP contribution in [0.3, 0.4) is 0 Å². The fourth-order valence-corrected chi connectivity index (χ4v) is 14.0. The van der Waals surface area contributed by atoms with E-state index in [-0.39, 0.29) is 41.3 Å². The van der Waals surface area contributed by atoms with Crippen molar-refractivity contribution in [2.75, 3.05) is 0 Å². The molecule has 9 heteroatoms. The number of imidazole rings is 2. The van der Waals surface area contributed by atoms with E-state index in [2.05, 4.69) is 73.2 Å². The summed E-state index contributed by atoms with van der Waals surface area (Å²) in [6.45, 7) is 10.7. The number of hydrogen-bond donors (Lipinski definition) is 0. The van der Waals surface area contributed by atoms with Crippen molar-refractivity contribution in [1.29, 1.82) is 0 Å².